The van der Waals surface area contributed by atoms with Gasteiger partial charge in [-0.05, 0) is 79.7 Å². The molecule has 1 heterocycles. The Kier molecular flexibility index (Phi) is 8.52. The zero-order valence-corrected chi connectivity index (χ0v) is 22.6. The third-order valence-corrected chi connectivity index (χ3v) is 7.07. The summed E-state index contributed by atoms with van der Waals surface area (Å²) in [6, 6.07) is 21.3. The van der Waals surface area contributed by atoms with Gasteiger partial charge < -0.3 is 25.8 Å². The van der Waals surface area contributed by atoms with Crippen LogP contribution in [0.3, 0.4) is 0 Å². The monoisotopic (exact) mass is 580 g/mol. The zero-order valence-electron chi connectivity index (χ0n) is 20.2. The molecule has 0 unspecified atom stereocenters. The number of amides is 2. The summed E-state index contributed by atoms with van der Waals surface area (Å²) in [5.74, 6) is 0.567. The van der Waals surface area contributed by atoms with Gasteiger partial charge in [0.15, 0.2) is 0 Å². The van der Waals surface area contributed by atoms with E-state index >= 15 is 0 Å². The van der Waals surface area contributed by atoms with Crippen molar-refractivity contribution in [1.82, 2.24) is 0 Å². The van der Waals surface area contributed by atoms with Crippen molar-refractivity contribution in [1.29, 1.82) is 0 Å². The summed E-state index contributed by atoms with van der Waals surface area (Å²) in [5, 5.41) is 5.22. The number of anilines is 2. The molecule has 0 aromatic heterocycles. The van der Waals surface area contributed by atoms with E-state index in [-0.39, 0.29) is 17.2 Å². The van der Waals surface area contributed by atoms with E-state index in [1.807, 2.05) is 19.1 Å². The molecule has 3 aromatic rings. The van der Waals surface area contributed by atoms with Crippen LogP contribution >= 0.6 is 27.7 Å². The second-order valence-electron chi connectivity index (χ2n) is 7.85. The highest BCUT2D eigenvalue weighted by Gasteiger charge is 2.38. The quantitative estimate of drug-likeness (QED) is 0.324. The van der Waals surface area contributed by atoms with E-state index in [9.17, 15) is 9.59 Å². The van der Waals surface area contributed by atoms with Gasteiger partial charge in [0, 0.05) is 21.5 Å². The number of methoxy groups -OCH3 is 1. The molecule has 2 amide bonds. The maximum absolute atomic E-state index is 13.4. The largest absolute Gasteiger partial charge is 0.497 e. The van der Waals surface area contributed by atoms with Crippen LogP contribution in [-0.4, -0.2) is 35.8 Å². The zero-order chi connectivity index (χ0) is 26.4. The third kappa shape index (κ3) is 6.52. The summed E-state index contributed by atoms with van der Waals surface area (Å²) < 4.78 is 11.6. The minimum atomic E-state index is -0.832. The molecule has 190 valence electrons. The van der Waals surface area contributed by atoms with Crippen LogP contribution in [0.4, 0.5) is 17.1 Å². The number of nitrogens with zero attached hydrogens (tertiary/aromatic N) is 1. The predicted octanol–water partition coefficient (Wildman–Crippen LogP) is 5.49. The smallest absolute Gasteiger partial charge is 0.260 e. The summed E-state index contributed by atoms with van der Waals surface area (Å²) >= 11 is 4.51. The molecule has 8 nitrogen and oxygen atoms in total. The fourth-order valence-electron chi connectivity index (χ4n) is 3.50. The van der Waals surface area contributed by atoms with E-state index in [4.69, 9.17) is 15.2 Å². The lowest BCUT2D eigenvalue weighted by Gasteiger charge is -2.11. The van der Waals surface area contributed by atoms with Crippen molar-refractivity contribution in [3.8, 4) is 11.5 Å². The van der Waals surface area contributed by atoms with Crippen molar-refractivity contribution in [2.75, 3.05) is 24.4 Å². The Bertz CT molecular complexity index is 1340. The third-order valence-electron chi connectivity index (χ3n) is 5.32. The first-order chi connectivity index (χ1) is 17.9. The molecule has 0 saturated carbocycles. The maximum atomic E-state index is 13.4. The number of hydrogen-bond acceptors (Lipinski definition) is 7. The van der Waals surface area contributed by atoms with Gasteiger partial charge in [-0.3, -0.25) is 9.59 Å². The number of carbonyl (C=O) groups is 2. The van der Waals surface area contributed by atoms with Crippen LogP contribution in [0.15, 0.2) is 93.5 Å². The Balaban J connectivity index is 1.62. The molecule has 3 aromatic carbocycles. The molecule has 0 bridgehead atoms. The first-order valence-corrected chi connectivity index (χ1v) is 13.0. The molecular weight excluding hydrogens is 556 g/mol. The number of carbonyl (C=O) groups excluding carboxylic acids is 2. The number of nitrogens with two attached hydrogens (primary N) is 1. The standard InChI is InChI=1S/C27H25BrN4O4S/c1-3-36-21-14-10-18(11-15-21)30-25(33)22-23(29)24(26(34)31-17-6-4-16(28)5-7-17)37-27(22)32-19-8-12-20(35-2)13-9-19/h4-15,24H,3,29H2,1-2H3,(H,30,33)(H,31,34)/t24-/m0/s1. The Morgan fingerprint density at radius 2 is 1.54 bits per heavy atom. The molecule has 1 aliphatic heterocycles. The van der Waals surface area contributed by atoms with Gasteiger partial charge >= 0.3 is 0 Å². The Hall–Kier alpha value is -3.76. The summed E-state index contributed by atoms with van der Waals surface area (Å²) in [6.07, 6.45) is 0. The number of thioether (sulfide) groups is 1. The van der Waals surface area contributed by atoms with Crippen molar-refractivity contribution in [2.24, 2.45) is 10.7 Å². The molecule has 1 atom stereocenters. The summed E-state index contributed by atoms with van der Waals surface area (Å²) in [7, 11) is 1.58. The van der Waals surface area contributed by atoms with Crippen molar-refractivity contribution >= 4 is 61.6 Å². The molecular formula is C27H25BrN4O4S. The van der Waals surface area contributed by atoms with E-state index in [0.717, 1.165) is 16.2 Å². The second kappa shape index (κ2) is 12.0. The van der Waals surface area contributed by atoms with Crippen LogP contribution < -0.4 is 25.8 Å². The summed E-state index contributed by atoms with van der Waals surface area (Å²) in [5.41, 5.74) is 8.48. The van der Waals surface area contributed by atoms with E-state index in [1.165, 1.54) is 0 Å². The van der Waals surface area contributed by atoms with Crippen LogP contribution in [0, 0.1) is 0 Å². The number of ether oxygens (including phenoxy) is 2. The van der Waals surface area contributed by atoms with Crippen LogP contribution in [-0.2, 0) is 9.59 Å². The minimum absolute atomic E-state index is 0.135. The van der Waals surface area contributed by atoms with Crippen LogP contribution in [0.2, 0.25) is 0 Å². The lowest BCUT2D eigenvalue weighted by Crippen LogP contribution is -2.29. The van der Waals surface area contributed by atoms with Gasteiger partial charge in [-0.1, -0.05) is 27.7 Å². The minimum Gasteiger partial charge on any atom is -0.497 e. The topological polar surface area (TPSA) is 115 Å². The summed E-state index contributed by atoms with van der Waals surface area (Å²) in [6.45, 7) is 2.44. The molecule has 0 spiro atoms. The van der Waals surface area contributed by atoms with Crippen molar-refractivity contribution in [2.45, 2.75) is 12.2 Å². The molecule has 0 aliphatic carbocycles. The van der Waals surface area contributed by atoms with E-state index in [0.29, 0.717) is 40.2 Å². The Labute approximate surface area is 227 Å². The van der Waals surface area contributed by atoms with Crippen molar-refractivity contribution in [3.05, 3.63) is 88.5 Å². The molecule has 0 fully saturated rings. The molecule has 0 radical (unpaired) electrons. The number of nitrogens with one attached hydrogen (secondary N) is 2. The van der Waals surface area contributed by atoms with Gasteiger partial charge in [-0.2, -0.15) is 0 Å². The van der Waals surface area contributed by atoms with Gasteiger partial charge in [0.1, 0.15) is 21.8 Å². The molecule has 37 heavy (non-hydrogen) atoms. The summed E-state index contributed by atoms with van der Waals surface area (Å²) in [4.78, 5) is 31.1. The van der Waals surface area contributed by atoms with Crippen molar-refractivity contribution in [3.63, 3.8) is 0 Å². The van der Waals surface area contributed by atoms with Crippen LogP contribution in [0.25, 0.3) is 0 Å². The van der Waals surface area contributed by atoms with Gasteiger partial charge in [0.25, 0.3) is 5.91 Å². The maximum Gasteiger partial charge on any atom is 0.260 e. The highest BCUT2D eigenvalue weighted by molar-refractivity contribution is 9.10. The van der Waals surface area contributed by atoms with Gasteiger partial charge in [0.2, 0.25) is 5.91 Å². The highest BCUT2D eigenvalue weighted by atomic mass is 79.9. The number of benzene rings is 3. The normalized spacial score (nSPS) is 16.0. The molecule has 0 saturated heterocycles. The number of rotatable bonds is 8. The van der Waals surface area contributed by atoms with E-state index in [2.05, 4.69) is 31.6 Å². The SMILES string of the molecule is CCOc1ccc(NC(=O)C2=C(N)[C@@H](C(=O)Nc3ccc(Br)cc3)SC2=Nc2ccc(OC)cc2)cc1. The van der Waals surface area contributed by atoms with Crippen LogP contribution in [0.1, 0.15) is 6.92 Å². The predicted molar refractivity (Wildman–Crippen MR) is 152 cm³/mol. The molecule has 10 heteroatoms. The van der Waals surface area contributed by atoms with E-state index < -0.39 is 11.2 Å². The second-order valence-corrected chi connectivity index (χ2v) is 9.86. The van der Waals surface area contributed by atoms with E-state index in [1.54, 1.807) is 67.8 Å². The lowest BCUT2D eigenvalue weighted by molar-refractivity contribution is -0.115. The van der Waals surface area contributed by atoms with Gasteiger partial charge in [0.05, 0.1) is 25.0 Å². The lowest BCUT2D eigenvalue weighted by atomic mass is 10.1. The first kappa shape index (κ1) is 26.3. The molecule has 4 rings (SSSR count). The number of halogens is 1. The van der Waals surface area contributed by atoms with Gasteiger partial charge in [-0.15, -0.1) is 0 Å². The average Bonchev–Trinajstić information content (AvgIpc) is 3.23. The fraction of sp³-hybridized carbons (Fsp3) is 0.148. The van der Waals surface area contributed by atoms with Crippen molar-refractivity contribution < 1.29 is 19.1 Å². The number of aliphatic imine (C=N–C) groups is 1. The Morgan fingerprint density at radius 3 is 2.16 bits per heavy atom. The van der Waals surface area contributed by atoms with Gasteiger partial charge in [-0.25, -0.2) is 4.99 Å². The highest BCUT2D eigenvalue weighted by Crippen LogP contribution is 2.36. The fourth-order valence-corrected chi connectivity index (χ4v) is 4.89. The first-order valence-electron chi connectivity index (χ1n) is 11.4. The van der Waals surface area contributed by atoms with Crippen LogP contribution in [0.5, 0.6) is 11.5 Å². The number of hydrogen-bond donors (Lipinski definition) is 3. The Morgan fingerprint density at radius 1 is 0.946 bits per heavy atom. The molecule has 4 N–H and O–H groups in total. The molecule has 1 aliphatic rings. The average molecular weight is 581 g/mol.